The van der Waals surface area contributed by atoms with E-state index in [1.165, 1.54) is 10.4 Å². The molecule has 2 aromatic rings. The van der Waals surface area contributed by atoms with E-state index in [-0.39, 0.29) is 35.9 Å². The molecule has 0 aromatic heterocycles. The first-order chi connectivity index (χ1) is 15.5. The van der Waals surface area contributed by atoms with Gasteiger partial charge in [0.1, 0.15) is 13.2 Å². The van der Waals surface area contributed by atoms with Gasteiger partial charge in [0.25, 0.3) is 0 Å². The lowest BCUT2D eigenvalue weighted by molar-refractivity contribution is -0.136. The lowest BCUT2D eigenvalue weighted by Gasteiger charge is -2.36. The van der Waals surface area contributed by atoms with Crippen LogP contribution in [0.15, 0.2) is 53.4 Å². The van der Waals surface area contributed by atoms with Crippen molar-refractivity contribution in [2.75, 3.05) is 45.9 Å². The number of carbonyl (C=O) groups excluding carboxylic acids is 1. The maximum absolute atomic E-state index is 13.2. The fraction of sp³-hybridized carbons (Fsp3) is 0.409. The zero-order chi connectivity index (χ0) is 22.1. The average molecular weight is 459 g/mol. The molecule has 0 saturated carbocycles. The summed E-state index contributed by atoms with van der Waals surface area (Å²) in [4.78, 5) is 15.2. The quantitative estimate of drug-likeness (QED) is 0.698. The minimum absolute atomic E-state index is 0.0349. The first-order valence-electron chi connectivity index (χ1n) is 10.8. The maximum Gasteiger partial charge on any atom is 0.243 e. The predicted octanol–water partition coefficient (Wildman–Crippen LogP) is 0.756. The first-order valence-corrected chi connectivity index (χ1v) is 12.2. The molecular formula is C22H26N4O5S. The van der Waals surface area contributed by atoms with Crippen LogP contribution in [0.2, 0.25) is 0 Å². The van der Waals surface area contributed by atoms with Gasteiger partial charge >= 0.3 is 0 Å². The van der Waals surface area contributed by atoms with E-state index in [0.717, 1.165) is 5.56 Å². The molecule has 1 amide bonds. The van der Waals surface area contributed by atoms with Crippen molar-refractivity contribution in [3.63, 3.8) is 0 Å². The Labute approximate surface area is 187 Å². The maximum atomic E-state index is 13.2. The molecule has 3 aliphatic heterocycles. The second kappa shape index (κ2) is 8.70. The van der Waals surface area contributed by atoms with Gasteiger partial charge in [0.2, 0.25) is 15.9 Å². The highest BCUT2D eigenvalue weighted by Crippen LogP contribution is 2.33. The lowest BCUT2D eigenvalue weighted by atomic mass is 9.93. The van der Waals surface area contributed by atoms with E-state index in [9.17, 15) is 13.2 Å². The zero-order valence-corrected chi connectivity index (χ0v) is 18.4. The molecule has 9 nitrogen and oxygen atoms in total. The summed E-state index contributed by atoms with van der Waals surface area (Å²) >= 11 is 0. The van der Waals surface area contributed by atoms with Crippen molar-refractivity contribution in [2.45, 2.75) is 10.9 Å². The third-order valence-electron chi connectivity index (χ3n) is 6.16. The molecule has 5 rings (SSSR count). The van der Waals surface area contributed by atoms with Crippen LogP contribution in [0.4, 0.5) is 0 Å². The number of nitrogens with one attached hydrogen (secondary N) is 2. The van der Waals surface area contributed by atoms with Crippen LogP contribution in [0.5, 0.6) is 11.5 Å². The molecule has 0 radical (unpaired) electrons. The largest absolute Gasteiger partial charge is 0.486 e. The highest BCUT2D eigenvalue weighted by molar-refractivity contribution is 7.89. The number of carbonyl (C=O) groups is 1. The van der Waals surface area contributed by atoms with E-state index < -0.39 is 10.0 Å². The van der Waals surface area contributed by atoms with Gasteiger partial charge in [-0.05, 0) is 17.7 Å². The van der Waals surface area contributed by atoms with Crippen LogP contribution >= 0.6 is 0 Å². The van der Waals surface area contributed by atoms with Gasteiger partial charge in [0.15, 0.2) is 11.5 Å². The SMILES string of the molecule is O=C(C1CNNC1c1ccccc1)N1CCN(S(=O)(=O)c2ccc3c(c2)OCCO3)CC1. The number of hydrogen-bond donors (Lipinski definition) is 2. The number of rotatable bonds is 4. The zero-order valence-electron chi connectivity index (χ0n) is 17.6. The Bertz CT molecular complexity index is 1090. The van der Waals surface area contributed by atoms with Crippen LogP contribution in [-0.2, 0) is 14.8 Å². The molecule has 2 N–H and O–H groups in total. The molecule has 2 unspecified atom stereocenters. The Balaban J connectivity index is 1.25. The first kappa shape index (κ1) is 21.2. The second-order valence-electron chi connectivity index (χ2n) is 8.05. The van der Waals surface area contributed by atoms with E-state index in [2.05, 4.69) is 10.9 Å². The molecule has 170 valence electrons. The van der Waals surface area contributed by atoms with Crippen molar-refractivity contribution in [3.05, 3.63) is 54.1 Å². The molecule has 3 heterocycles. The normalized spacial score (nSPS) is 23.8. The predicted molar refractivity (Wildman–Crippen MR) is 117 cm³/mol. The standard InChI is InChI=1S/C22H26N4O5S/c27-22(18-15-23-24-21(18)16-4-2-1-3-5-16)25-8-10-26(11-9-25)32(28,29)17-6-7-19-20(14-17)31-13-12-30-19/h1-7,14,18,21,23-24H,8-13,15H2. The third kappa shape index (κ3) is 3.95. The smallest absolute Gasteiger partial charge is 0.243 e. The molecule has 3 aliphatic rings. The van der Waals surface area contributed by atoms with Crippen LogP contribution in [0.25, 0.3) is 0 Å². The molecule has 0 aliphatic carbocycles. The Morgan fingerprint density at radius 2 is 1.66 bits per heavy atom. The Hall–Kier alpha value is -2.66. The van der Waals surface area contributed by atoms with E-state index in [4.69, 9.17) is 9.47 Å². The highest BCUT2D eigenvalue weighted by Gasteiger charge is 2.38. The topological polar surface area (TPSA) is 100 Å². The Morgan fingerprint density at radius 3 is 2.41 bits per heavy atom. The summed E-state index contributed by atoms with van der Waals surface area (Å²) in [7, 11) is -3.68. The highest BCUT2D eigenvalue weighted by atomic mass is 32.2. The van der Waals surface area contributed by atoms with Gasteiger partial charge in [-0.2, -0.15) is 4.31 Å². The summed E-state index contributed by atoms with van der Waals surface area (Å²) in [6, 6.07) is 14.4. The monoisotopic (exact) mass is 458 g/mol. The summed E-state index contributed by atoms with van der Waals surface area (Å²) in [5, 5.41) is 0. The van der Waals surface area contributed by atoms with E-state index in [1.54, 1.807) is 17.0 Å². The molecule has 0 spiro atoms. The van der Waals surface area contributed by atoms with Crippen LogP contribution < -0.4 is 20.3 Å². The molecular weight excluding hydrogens is 432 g/mol. The molecule has 2 aromatic carbocycles. The van der Waals surface area contributed by atoms with Crippen molar-refractivity contribution in [2.24, 2.45) is 5.92 Å². The number of benzene rings is 2. The minimum Gasteiger partial charge on any atom is -0.486 e. The van der Waals surface area contributed by atoms with Gasteiger partial charge in [0.05, 0.1) is 16.9 Å². The van der Waals surface area contributed by atoms with Crippen molar-refractivity contribution >= 4 is 15.9 Å². The second-order valence-corrected chi connectivity index (χ2v) is 9.99. The number of piperazine rings is 1. The summed E-state index contributed by atoms with van der Waals surface area (Å²) in [5.74, 6) is 0.794. The number of nitrogens with zero attached hydrogens (tertiary/aromatic N) is 2. The van der Waals surface area contributed by atoms with Crippen LogP contribution in [-0.4, -0.2) is 69.5 Å². The minimum atomic E-state index is -3.68. The molecule has 2 atom stereocenters. The van der Waals surface area contributed by atoms with E-state index in [1.807, 2.05) is 30.3 Å². The van der Waals surface area contributed by atoms with Crippen LogP contribution in [0.1, 0.15) is 11.6 Å². The molecule has 2 fully saturated rings. The van der Waals surface area contributed by atoms with Crippen molar-refractivity contribution in [3.8, 4) is 11.5 Å². The average Bonchev–Trinajstić information content (AvgIpc) is 3.34. The third-order valence-corrected chi connectivity index (χ3v) is 8.05. The number of amides is 1. The summed E-state index contributed by atoms with van der Waals surface area (Å²) in [6.07, 6.45) is 0. The molecule has 10 heteroatoms. The fourth-order valence-corrected chi connectivity index (χ4v) is 5.86. The number of hydrogen-bond acceptors (Lipinski definition) is 7. The number of sulfonamides is 1. The van der Waals surface area contributed by atoms with E-state index >= 15 is 0 Å². The van der Waals surface area contributed by atoms with Gasteiger partial charge in [-0.3, -0.25) is 10.2 Å². The van der Waals surface area contributed by atoms with Crippen molar-refractivity contribution in [1.82, 2.24) is 20.1 Å². The van der Waals surface area contributed by atoms with Crippen LogP contribution in [0, 0.1) is 5.92 Å². The van der Waals surface area contributed by atoms with E-state index in [0.29, 0.717) is 44.3 Å². The summed E-state index contributed by atoms with van der Waals surface area (Å²) < 4.78 is 38.7. The number of hydrazine groups is 1. The van der Waals surface area contributed by atoms with Gasteiger partial charge in [-0.1, -0.05) is 30.3 Å². The molecule has 32 heavy (non-hydrogen) atoms. The number of fused-ring (bicyclic) bond motifs is 1. The Kier molecular flexibility index (Phi) is 5.76. The number of ether oxygens (including phenoxy) is 2. The fourth-order valence-electron chi connectivity index (χ4n) is 4.42. The van der Waals surface area contributed by atoms with Crippen LogP contribution in [0.3, 0.4) is 0 Å². The van der Waals surface area contributed by atoms with Crippen molar-refractivity contribution < 1.29 is 22.7 Å². The molecule has 0 bridgehead atoms. The lowest BCUT2D eigenvalue weighted by Crippen LogP contribution is -2.52. The summed E-state index contributed by atoms with van der Waals surface area (Å²) in [6.45, 7) is 2.62. The Morgan fingerprint density at radius 1 is 0.938 bits per heavy atom. The van der Waals surface area contributed by atoms with Gasteiger partial charge in [-0.15, -0.1) is 0 Å². The molecule has 2 saturated heterocycles. The van der Waals surface area contributed by atoms with Crippen molar-refractivity contribution in [1.29, 1.82) is 0 Å². The van der Waals surface area contributed by atoms with Gasteiger partial charge < -0.3 is 14.4 Å². The van der Waals surface area contributed by atoms with Gasteiger partial charge in [-0.25, -0.2) is 13.8 Å². The van der Waals surface area contributed by atoms with Gasteiger partial charge in [0, 0.05) is 38.8 Å². The summed E-state index contributed by atoms with van der Waals surface area (Å²) in [5.41, 5.74) is 7.34.